The van der Waals surface area contributed by atoms with Gasteiger partial charge < -0.3 is 15.1 Å². The molecule has 26 heavy (non-hydrogen) atoms. The molecule has 0 spiro atoms. The number of carbonyl (C=O) groups is 1. The molecule has 1 N–H and O–H groups in total. The average molecular weight is 357 g/mol. The number of carbonyl (C=O) groups excluding carboxylic acids is 1. The number of halogens is 1. The van der Waals surface area contributed by atoms with E-state index in [1.165, 1.54) is 6.07 Å². The van der Waals surface area contributed by atoms with Crippen molar-refractivity contribution in [3.63, 3.8) is 0 Å². The lowest BCUT2D eigenvalue weighted by Crippen LogP contribution is -2.49. The van der Waals surface area contributed by atoms with E-state index in [1.807, 2.05) is 11.0 Å². The first-order chi connectivity index (χ1) is 12.5. The van der Waals surface area contributed by atoms with Gasteiger partial charge in [-0.2, -0.15) is 0 Å². The number of amides is 1. The van der Waals surface area contributed by atoms with Gasteiger partial charge in [0.1, 0.15) is 5.82 Å². The second-order valence-electron chi connectivity index (χ2n) is 6.80. The zero-order chi connectivity index (χ0) is 18.5. The van der Waals surface area contributed by atoms with Gasteiger partial charge in [-0.1, -0.05) is 26.0 Å². The fourth-order valence-electron chi connectivity index (χ4n) is 2.87. The van der Waals surface area contributed by atoms with Crippen LogP contribution in [0.2, 0.25) is 0 Å². The fourth-order valence-corrected chi connectivity index (χ4v) is 2.87. The molecule has 1 aromatic heterocycles. The van der Waals surface area contributed by atoms with Crippen molar-refractivity contribution in [2.45, 2.75) is 13.8 Å². The van der Waals surface area contributed by atoms with Crippen LogP contribution in [0.25, 0.3) is 0 Å². The third kappa shape index (κ3) is 4.28. The van der Waals surface area contributed by atoms with Gasteiger partial charge in [-0.3, -0.25) is 4.79 Å². The topological polar surface area (TPSA) is 61.4 Å². The summed E-state index contributed by atoms with van der Waals surface area (Å²) < 4.78 is 13.9. The van der Waals surface area contributed by atoms with E-state index >= 15 is 0 Å². The summed E-state index contributed by atoms with van der Waals surface area (Å²) in [5, 5.41) is 3.13. The number of hydrogen-bond acceptors (Lipinski definition) is 5. The van der Waals surface area contributed by atoms with Gasteiger partial charge in [0.2, 0.25) is 5.95 Å². The normalized spacial score (nSPS) is 14.6. The highest BCUT2D eigenvalue weighted by molar-refractivity contribution is 5.93. The number of rotatable bonds is 5. The molecule has 2 heterocycles. The van der Waals surface area contributed by atoms with E-state index in [0.717, 1.165) is 6.54 Å². The first-order valence-corrected chi connectivity index (χ1v) is 8.89. The highest BCUT2D eigenvalue weighted by Gasteiger charge is 2.24. The molecule has 0 atom stereocenters. The molecule has 0 aliphatic carbocycles. The Morgan fingerprint density at radius 1 is 1.15 bits per heavy atom. The molecule has 0 radical (unpaired) electrons. The van der Waals surface area contributed by atoms with Gasteiger partial charge in [-0.25, -0.2) is 14.4 Å². The van der Waals surface area contributed by atoms with Gasteiger partial charge in [0.05, 0.1) is 11.3 Å². The summed E-state index contributed by atoms with van der Waals surface area (Å²) in [7, 11) is 0. The van der Waals surface area contributed by atoms with Crippen LogP contribution in [0.4, 0.5) is 16.0 Å². The number of anilines is 2. The Balaban J connectivity index is 1.57. The van der Waals surface area contributed by atoms with E-state index in [1.54, 1.807) is 29.4 Å². The lowest BCUT2D eigenvalue weighted by atomic mass is 10.2. The highest BCUT2D eigenvalue weighted by Crippen LogP contribution is 2.20. The van der Waals surface area contributed by atoms with Crippen LogP contribution in [-0.2, 0) is 0 Å². The quantitative estimate of drug-likeness (QED) is 0.891. The van der Waals surface area contributed by atoms with Crippen LogP contribution in [0.3, 0.4) is 0 Å². The number of hydrogen-bond donors (Lipinski definition) is 1. The van der Waals surface area contributed by atoms with Gasteiger partial charge in [-0.15, -0.1) is 0 Å². The van der Waals surface area contributed by atoms with Crippen molar-refractivity contribution in [1.82, 2.24) is 14.9 Å². The molecule has 0 unspecified atom stereocenters. The Labute approximate surface area is 153 Å². The van der Waals surface area contributed by atoms with Gasteiger partial charge in [0.25, 0.3) is 5.91 Å². The zero-order valence-electron chi connectivity index (χ0n) is 15.2. The fraction of sp³-hybridized carbons (Fsp3) is 0.421. The second-order valence-corrected chi connectivity index (χ2v) is 6.80. The third-order valence-electron chi connectivity index (χ3n) is 4.33. The summed E-state index contributed by atoms with van der Waals surface area (Å²) in [6, 6.07) is 6.73. The average Bonchev–Trinajstić information content (AvgIpc) is 2.67. The maximum atomic E-state index is 13.9. The number of aromatic nitrogens is 2. The number of nitrogens with one attached hydrogen (secondary N) is 1. The van der Waals surface area contributed by atoms with Crippen molar-refractivity contribution in [3.8, 4) is 0 Å². The summed E-state index contributed by atoms with van der Waals surface area (Å²) in [6.07, 6.45) is 3.11. The smallest absolute Gasteiger partial charge is 0.257 e. The first-order valence-electron chi connectivity index (χ1n) is 8.89. The summed E-state index contributed by atoms with van der Waals surface area (Å²) in [6.45, 7) is 7.27. The molecule has 2 aromatic rings. The molecule has 1 aromatic carbocycles. The molecule has 138 valence electrons. The van der Waals surface area contributed by atoms with E-state index in [0.29, 0.717) is 49.3 Å². The SMILES string of the molecule is CC(C)CNc1ncc(C(=O)N2CCN(c3ccccc3F)CC2)cn1. The molecule has 1 amide bonds. The summed E-state index contributed by atoms with van der Waals surface area (Å²) in [5.41, 5.74) is 1.06. The van der Waals surface area contributed by atoms with Crippen LogP contribution in [0, 0.1) is 11.7 Å². The molecule has 1 aliphatic rings. The van der Waals surface area contributed by atoms with Gasteiger partial charge in [-0.05, 0) is 18.1 Å². The van der Waals surface area contributed by atoms with Crippen LogP contribution in [0.5, 0.6) is 0 Å². The van der Waals surface area contributed by atoms with Gasteiger partial charge >= 0.3 is 0 Å². The van der Waals surface area contributed by atoms with Crippen molar-refractivity contribution < 1.29 is 9.18 Å². The third-order valence-corrected chi connectivity index (χ3v) is 4.33. The Morgan fingerprint density at radius 2 is 1.81 bits per heavy atom. The van der Waals surface area contributed by atoms with Gasteiger partial charge in [0.15, 0.2) is 0 Å². The number of benzene rings is 1. The Morgan fingerprint density at radius 3 is 2.42 bits per heavy atom. The molecule has 0 bridgehead atoms. The molecule has 1 fully saturated rings. The monoisotopic (exact) mass is 357 g/mol. The standard InChI is InChI=1S/C19H24FN5O/c1-14(2)11-21-19-22-12-15(13-23-19)18(26)25-9-7-24(8-10-25)17-6-4-3-5-16(17)20/h3-6,12-14H,7-11H2,1-2H3,(H,21,22,23). The molecular weight excluding hydrogens is 333 g/mol. The Kier molecular flexibility index (Phi) is 5.65. The lowest BCUT2D eigenvalue weighted by Gasteiger charge is -2.36. The van der Waals surface area contributed by atoms with E-state index < -0.39 is 0 Å². The van der Waals surface area contributed by atoms with Crippen LogP contribution in [0.1, 0.15) is 24.2 Å². The van der Waals surface area contributed by atoms with Crippen LogP contribution < -0.4 is 10.2 Å². The molecule has 3 rings (SSSR count). The molecular formula is C19H24FN5O. The number of nitrogens with zero attached hydrogens (tertiary/aromatic N) is 4. The maximum Gasteiger partial charge on any atom is 0.257 e. The summed E-state index contributed by atoms with van der Waals surface area (Å²) in [5.74, 6) is 0.698. The minimum Gasteiger partial charge on any atom is -0.366 e. The van der Waals surface area contributed by atoms with Crippen LogP contribution in [-0.4, -0.2) is 53.5 Å². The zero-order valence-corrected chi connectivity index (χ0v) is 15.2. The van der Waals surface area contributed by atoms with Gasteiger partial charge in [0, 0.05) is 45.1 Å². The van der Waals surface area contributed by atoms with E-state index in [-0.39, 0.29) is 11.7 Å². The highest BCUT2D eigenvalue weighted by atomic mass is 19.1. The van der Waals surface area contributed by atoms with E-state index in [2.05, 4.69) is 29.1 Å². The summed E-state index contributed by atoms with van der Waals surface area (Å²) in [4.78, 5) is 24.8. The molecule has 0 saturated carbocycles. The Bertz CT molecular complexity index is 742. The van der Waals surface area contributed by atoms with Crippen LogP contribution in [0.15, 0.2) is 36.7 Å². The van der Waals surface area contributed by atoms with Crippen molar-refractivity contribution in [2.24, 2.45) is 5.92 Å². The predicted molar refractivity (Wildman–Crippen MR) is 99.9 cm³/mol. The molecule has 7 heteroatoms. The van der Waals surface area contributed by atoms with Crippen molar-refractivity contribution in [3.05, 3.63) is 48.0 Å². The lowest BCUT2D eigenvalue weighted by molar-refractivity contribution is 0.0746. The largest absolute Gasteiger partial charge is 0.366 e. The predicted octanol–water partition coefficient (Wildman–Crippen LogP) is 2.65. The molecule has 1 aliphatic heterocycles. The summed E-state index contributed by atoms with van der Waals surface area (Å²) >= 11 is 0. The van der Waals surface area contributed by atoms with E-state index in [9.17, 15) is 9.18 Å². The second kappa shape index (κ2) is 8.12. The van der Waals surface area contributed by atoms with Crippen molar-refractivity contribution >= 4 is 17.5 Å². The van der Waals surface area contributed by atoms with Crippen molar-refractivity contribution in [2.75, 3.05) is 42.9 Å². The van der Waals surface area contributed by atoms with Crippen LogP contribution >= 0.6 is 0 Å². The minimum absolute atomic E-state index is 0.0893. The molecule has 1 saturated heterocycles. The van der Waals surface area contributed by atoms with E-state index in [4.69, 9.17) is 0 Å². The number of piperazine rings is 1. The first kappa shape index (κ1) is 18.1. The maximum absolute atomic E-state index is 13.9. The van der Waals surface area contributed by atoms with Crippen molar-refractivity contribution in [1.29, 1.82) is 0 Å². The Hall–Kier alpha value is -2.70. The molecule has 6 nitrogen and oxygen atoms in total. The number of para-hydroxylation sites is 1. The minimum atomic E-state index is -0.231.